The molecule has 1 unspecified atom stereocenters. The van der Waals surface area contributed by atoms with Crippen LogP contribution >= 0.6 is 0 Å². The minimum absolute atomic E-state index is 0.00626. The Balaban J connectivity index is 1.78. The molecule has 4 rings (SSSR count). The second kappa shape index (κ2) is 6.00. The largest absolute Gasteiger partial charge is 0.361 e. The molecule has 0 spiro atoms. The third-order valence-corrected chi connectivity index (χ3v) is 4.86. The predicted octanol–water partition coefficient (Wildman–Crippen LogP) is 1.92. The van der Waals surface area contributed by atoms with Gasteiger partial charge in [0.2, 0.25) is 5.91 Å². The first-order chi connectivity index (χ1) is 12.1. The van der Waals surface area contributed by atoms with Gasteiger partial charge in [-0.25, -0.2) is 4.98 Å². The van der Waals surface area contributed by atoms with Gasteiger partial charge in [-0.05, 0) is 32.9 Å². The summed E-state index contributed by atoms with van der Waals surface area (Å²) in [6.07, 6.45) is 1.96. The van der Waals surface area contributed by atoms with Crippen molar-refractivity contribution in [3.8, 4) is 0 Å². The number of hydrogen-bond donors (Lipinski definition) is 1. The summed E-state index contributed by atoms with van der Waals surface area (Å²) in [7, 11) is 0. The molecule has 0 aromatic carbocycles. The van der Waals surface area contributed by atoms with Crippen LogP contribution in [0.15, 0.2) is 28.9 Å². The fourth-order valence-electron chi connectivity index (χ4n) is 3.57. The van der Waals surface area contributed by atoms with Crippen molar-refractivity contribution in [2.24, 2.45) is 0 Å². The summed E-state index contributed by atoms with van der Waals surface area (Å²) in [5.74, 6) is 0.809. The Morgan fingerprint density at radius 2 is 2.12 bits per heavy atom. The van der Waals surface area contributed by atoms with E-state index >= 15 is 0 Å². The summed E-state index contributed by atoms with van der Waals surface area (Å²) in [6, 6.07) is 5.47. The molecule has 1 amide bonds. The highest BCUT2D eigenvalue weighted by atomic mass is 16.5. The van der Waals surface area contributed by atoms with Crippen LogP contribution in [-0.4, -0.2) is 38.4 Å². The lowest BCUT2D eigenvalue weighted by molar-refractivity contribution is -0.129. The third-order valence-electron chi connectivity index (χ3n) is 4.86. The quantitative estimate of drug-likeness (QED) is 0.789. The second-order valence-corrected chi connectivity index (χ2v) is 6.48. The molecule has 7 heteroatoms. The number of hydrogen-bond acceptors (Lipinski definition) is 5. The number of carbonyl (C=O) groups excluding carboxylic acids is 1. The summed E-state index contributed by atoms with van der Waals surface area (Å²) in [5, 5.41) is 7.03. The molecule has 0 bridgehead atoms. The maximum absolute atomic E-state index is 12.8. The van der Waals surface area contributed by atoms with E-state index in [1.54, 1.807) is 0 Å². The topological polar surface area (TPSA) is 75.7 Å². The number of aromatic nitrogens is 3. The van der Waals surface area contributed by atoms with Gasteiger partial charge in [-0.2, -0.15) is 0 Å². The number of imidazole rings is 1. The Hall–Kier alpha value is -2.67. The molecule has 0 aliphatic carbocycles. The summed E-state index contributed by atoms with van der Waals surface area (Å²) in [4.78, 5) is 19.6. The highest BCUT2D eigenvalue weighted by molar-refractivity contribution is 5.84. The first kappa shape index (κ1) is 15.8. The van der Waals surface area contributed by atoms with E-state index in [1.165, 1.54) is 0 Å². The van der Waals surface area contributed by atoms with E-state index in [0.29, 0.717) is 13.1 Å². The van der Waals surface area contributed by atoms with E-state index in [4.69, 9.17) is 4.52 Å². The molecule has 25 heavy (non-hydrogen) atoms. The Kier molecular flexibility index (Phi) is 3.80. The average molecular weight is 339 g/mol. The highest BCUT2D eigenvalue weighted by Gasteiger charge is 2.35. The third kappa shape index (κ3) is 2.60. The first-order valence-corrected chi connectivity index (χ1v) is 8.43. The molecule has 3 aromatic rings. The number of fused-ring (bicyclic) bond motifs is 1. The number of nitrogens with zero attached hydrogens (tertiary/aromatic N) is 4. The molecule has 4 heterocycles. The average Bonchev–Trinajstić information content (AvgIpc) is 3.08. The van der Waals surface area contributed by atoms with Crippen molar-refractivity contribution in [1.29, 1.82) is 0 Å². The highest BCUT2D eigenvalue weighted by Crippen LogP contribution is 2.29. The lowest BCUT2D eigenvalue weighted by Gasteiger charge is -2.35. The van der Waals surface area contributed by atoms with Crippen LogP contribution in [-0.2, 0) is 11.3 Å². The van der Waals surface area contributed by atoms with Gasteiger partial charge in [-0.15, -0.1) is 0 Å². The Labute approximate surface area is 145 Å². The van der Waals surface area contributed by atoms with E-state index in [9.17, 15) is 4.79 Å². The standard InChI is InChI=1S/C18H21N5O2/c1-11-14(13(3)25-21-11)10-22-9-7-19-18(24)17(22)16-12(2)20-15-6-4-5-8-23(15)16/h4-6,8,17H,7,9-10H2,1-3H3,(H,19,24). The molecule has 130 valence electrons. The minimum Gasteiger partial charge on any atom is -0.361 e. The fourth-order valence-corrected chi connectivity index (χ4v) is 3.57. The van der Waals surface area contributed by atoms with Gasteiger partial charge >= 0.3 is 0 Å². The van der Waals surface area contributed by atoms with Crippen LogP contribution in [0.1, 0.15) is 34.4 Å². The number of amides is 1. The first-order valence-electron chi connectivity index (χ1n) is 8.43. The van der Waals surface area contributed by atoms with Crippen LogP contribution in [0.3, 0.4) is 0 Å². The van der Waals surface area contributed by atoms with Gasteiger partial charge in [0.15, 0.2) is 0 Å². The number of carbonyl (C=O) groups is 1. The van der Waals surface area contributed by atoms with Crippen molar-refractivity contribution in [3.05, 3.63) is 52.8 Å². The molecule has 3 aromatic heterocycles. The smallest absolute Gasteiger partial charge is 0.243 e. The fraction of sp³-hybridized carbons (Fsp3) is 0.389. The van der Waals surface area contributed by atoms with Gasteiger partial charge in [0.25, 0.3) is 0 Å². The van der Waals surface area contributed by atoms with Gasteiger partial charge < -0.3 is 14.2 Å². The van der Waals surface area contributed by atoms with Crippen molar-refractivity contribution in [2.45, 2.75) is 33.4 Å². The van der Waals surface area contributed by atoms with Gasteiger partial charge in [-0.3, -0.25) is 9.69 Å². The molecule has 1 fully saturated rings. The van der Waals surface area contributed by atoms with Crippen molar-refractivity contribution < 1.29 is 9.32 Å². The van der Waals surface area contributed by atoms with Crippen LogP contribution in [0.25, 0.3) is 5.65 Å². The molecule has 1 aliphatic rings. The predicted molar refractivity (Wildman–Crippen MR) is 92.1 cm³/mol. The number of nitrogens with one attached hydrogen (secondary N) is 1. The maximum Gasteiger partial charge on any atom is 0.243 e. The molecule has 0 radical (unpaired) electrons. The molecule has 1 aliphatic heterocycles. The van der Waals surface area contributed by atoms with Crippen LogP contribution in [0.5, 0.6) is 0 Å². The Morgan fingerprint density at radius 1 is 1.28 bits per heavy atom. The van der Waals surface area contributed by atoms with Crippen LogP contribution < -0.4 is 5.32 Å². The number of piperazine rings is 1. The molecule has 1 N–H and O–H groups in total. The van der Waals surface area contributed by atoms with Gasteiger partial charge in [0.1, 0.15) is 17.4 Å². The molecular formula is C18H21N5O2. The molecular weight excluding hydrogens is 318 g/mol. The maximum atomic E-state index is 12.8. The monoisotopic (exact) mass is 339 g/mol. The lowest BCUT2D eigenvalue weighted by atomic mass is 10.0. The normalized spacial score (nSPS) is 18.7. The van der Waals surface area contributed by atoms with Crippen LogP contribution in [0.4, 0.5) is 0 Å². The van der Waals surface area contributed by atoms with E-state index < -0.39 is 0 Å². The summed E-state index contributed by atoms with van der Waals surface area (Å²) >= 11 is 0. The minimum atomic E-state index is -0.389. The van der Waals surface area contributed by atoms with E-state index in [2.05, 4.69) is 20.4 Å². The Morgan fingerprint density at radius 3 is 2.88 bits per heavy atom. The van der Waals surface area contributed by atoms with Crippen molar-refractivity contribution in [1.82, 2.24) is 24.8 Å². The molecule has 1 saturated heterocycles. The second-order valence-electron chi connectivity index (χ2n) is 6.48. The Bertz CT molecular complexity index is 923. The number of aryl methyl sites for hydroxylation is 3. The van der Waals surface area contributed by atoms with E-state index in [1.807, 2.05) is 49.6 Å². The van der Waals surface area contributed by atoms with Crippen LogP contribution in [0.2, 0.25) is 0 Å². The molecule has 0 saturated carbocycles. The lowest BCUT2D eigenvalue weighted by Crippen LogP contribution is -2.50. The molecule has 7 nitrogen and oxygen atoms in total. The summed E-state index contributed by atoms with van der Waals surface area (Å²) < 4.78 is 7.29. The van der Waals surface area contributed by atoms with Gasteiger partial charge in [-0.1, -0.05) is 11.2 Å². The van der Waals surface area contributed by atoms with Crippen molar-refractivity contribution >= 4 is 11.6 Å². The van der Waals surface area contributed by atoms with Crippen LogP contribution in [0, 0.1) is 20.8 Å². The number of pyridine rings is 1. The van der Waals surface area contributed by atoms with Gasteiger partial charge in [0.05, 0.1) is 17.1 Å². The SMILES string of the molecule is Cc1noc(C)c1CN1CCNC(=O)C1c1c(C)nc2ccccn12. The van der Waals surface area contributed by atoms with E-state index in [-0.39, 0.29) is 11.9 Å². The zero-order chi connectivity index (χ0) is 17.6. The summed E-state index contributed by atoms with van der Waals surface area (Å²) in [5.41, 5.74) is 4.56. The summed E-state index contributed by atoms with van der Waals surface area (Å²) in [6.45, 7) is 7.82. The molecule has 1 atom stereocenters. The zero-order valence-electron chi connectivity index (χ0n) is 14.6. The van der Waals surface area contributed by atoms with Gasteiger partial charge in [0, 0.05) is 31.4 Å². The van der Waals surface area contributed by atoms with Crippen molar-refractivity contribution in [2.75, 3.05) is 13.1 Å². The zero-order valence-corrected chi connectivity index (χ0v) is 14.6. The van der Waals surface area contributed by atoms with Crippen molar-refractivity contribution in [3.63, 3.8) is 0 Å². The number of rotatable bonds is 3. The van der Waals surface area contributed by atoms with E-state index in [0.717, 1.165) is 40.6 Å².